The molecule has 0 bridgehead atoms. The Balaban J connectivity index is 2.66. The van der Waals surface area contributed by atoms with E-state index in [9.17, 15) is 4.79 Å². The monoisotopic (exact) mass is 324 g/mol. The zero-order valence-corrected chi connectivity index (χ0v) is 10.7. The smallest absolute Gasteiger partial charge is 0.311 e. The number of halogens is 1. The zero-order valence-electron chi connectivity index (χ0n) is 7.71. The molecule has 1 aliphatic heterocycles. The lowest BCUT2D eigenvalue weighted by Gasteiger charge is -2.20. The third kappa shape index (κ3) is 1.44. The van der Waals surface area contributed by atoms with Gasteiger partial charge in [0, 0.05) is 10.2 Å². The van der Waals surface area contributed by atoms with Gasteiger partial charge in [-0.1, -0.05) is 34.4 Å². The summed E-state index contributed by atoms with van der Waals surface area (Å²) >= 11 is 4.00. The Morgan fingerprint density at radius 2 is 2.57 bits per heavy atom. The molecule has 1 aromatic heterocycles. The van der Waals surface area contributed by atoms with E-state index in [0.29, 0.717) is 5.82 Å². The molecule has 0 spiro atoms. The number of aromatic amines is 1. The zero-order chi connectivity index (χ0) is 10.3. The first-order valence-corrected chi connectivity index (χ1v) is 6.72. The number of H-pyrrole nitrogens is 1. The normalized spacial score (nSPS) is 25.0. The fourth-order valence-corrected chi connectivity index (χ4v) is 3.84. The molecule has 0 amide bonds. The van der Waals surface area contributed by atoms with Crippen LogP contribution in [-0.4, -0.2) is 15.2 Å². The van der Waals surface area contributed by atoms with Crippen molar-refractivity contribution in [2.45, 2.75) is 17.6 Å². The van der Waals surface area contributed by atoms with Gasteiger partial charge in [-0.15, -0.1) is 0 Å². The van der Waals surface area contributed by atoms with E-state index in [1.165, 1.54) is 6.07 Å². The Bertz CT molecular complexity index is 433. The van der Waals surface area contributed by atoms with Gasteiger partial charge in [-0.25, -0.2) is 9.55 Å². The number of anilines is 1. The average Bonchev–Trinajstić information content (AvgIpc) is 2.44. The van der Waals surface area contributed by atoms with E-state index in [4.69, 9.17) is 5.73 Å². The third-order valence-corrected chi connectivity index (χ3v) is 5.29. The molecule has 0 radical (unpaired) electrons. The number of thioether (sulfide) groups is 1. The first-order valence-electron chi connectivity index (χ1n) is 4.21. The van der Waals surface area contributed by atoms with Crippen LogP contribution in [0.25, 0.3) is 0 Å². The summed E-state index contributed by atoms with van der Waals surface area (Å²) in [4.78, 5) is 14.0. The van der Waals surface area contributed by atoms with Crippen molar-refractivity contribution in [3.8, 4) is 0 Å². The van der Waals surface area contributed by atoms with Gasteiger partial charge in [-0.05, 0) is 6.92 Å². The van der Waals surface area contributed by atoms with Crippen molar-refractivity contribution in [2.75, 3.05) is 15.9 Å². The first kappa shape index (κ1) is 10.3. The fourth-order valence-electron chi connectivity index (χ4n) is 1.56. The van der Waals surface area contributed by atoms with Crippen LogP contribution in [-0.2, 0) is 5.54 Å². The molecule has 14 heavy (non-hydrogen) atoms. The predicted octanol–water partition coefficient (Wildman–Crippen LogP) is 0.501. The van der Waals surface area contributed by atoms with Gasteiger partial charge >= 0.3 is 5.56 Å². The maximum atomic E-state index is 11.2. The van der Waals surface area contributed by atoms with Gasteiger partial charge in [-0.2, -0.15) is 0 Å². The molecule has 2 heterocycles. The molecule has 0 fully saturated rings. The molecule has 2 rings (SSSR count). The number of alkyl halides is 1. The topological polar surface area (TPSA) is 62.8 Å². The van der Waals surface area contributed by atoms with Crippen molar-refractivity contribution in [3.05, 3.63) is 16.4 Å². The summed E-state index contributed by atoms with van der Waals surface area (Å²) in [7, 11) is 0. The number of hydrogen-bond acceptors (Lipinski definition) is 3. The SMILES string of the molecule is CC1(CI)CSc2[nH]c(=O)cc(N)[n+]21. The highest BCUT2D eigenvalue weighted by Crippen LogP contribution is 2.30. The molecule has 1 atom stereocenters. The minimum Gasteiger partial charge on any atom is -0.318 e. The molecule has 6 heteroatoms. The summed E-state index contributed by atoms with van der Waals surface area (Å²) < 4.78 is 3.00. The first-order chi connectivity index (χ1) is 6.57. The van der Waals surface area contributed by atoms with Gasteiger partial charge < -0.3 is 5.73 Å². The van der Waals surface area contributed by atoms with Gasteiger partial charge in [0.2, 0.25) is 5.82 Å². The van der Waals surface area contributed by atoms with Gasteiger partial charge in [0.05, 0.1) is 6.07 Å². The summed E-state index contributed by atoms with van der Waals surface area (Å²) in [6, 6.07) is 1.44. The number of nitrogens with two attached hydrogens (primary N) is 1. The molecule has 0 aromatic carbocycles. The van der Waals surface area contributed by atoms with Crippen molar-refractivity contribution in [2.24, 2.45) is 0 Å². The highest BCUT2D eigenvalue weighted by Gasteiger charge is 2.40. The molecular formula is C8H11IN3OS+. The lowest BCUT2D eigenvalue weighted by Crippen LogP contribution is -2.57. The van der Waals surface area contributed by atoms with Crippen molar-refractivity contribution in [3.63, 3.8) is 0 Å². The molecule has 4 nitrogen and oxygen atoms in total. The molecule has 76 valence electrons. The summed E-state index contributed by atoms with van der Waals surface area (Å²) in [6.07, 6.45) is 0. The Hall–Kier alpha value is -0.240. The summed E-state index contributed by atoms with van der Waals surface area (Å²) in [6.45, 7) is 2.15. The molecule has 0 saturated carbocycles. The van der Waals surface area contributed by atoms with Crippen molar-refractivity contribution >= 4 is 40.2 Å². The van der Waals surface area contributed by atoms with Crippen LogP contribution >= 0.6 is 34.4 Å². The molecule has 0 aliphatic carbocycles. The minimum absolute atomic E-state index is 0.0227. The van der Waals surface area contributed by atoms with E-state index >= 15 is 0 Å². The number of nitrogens with one attached hydrogen (secondary N) is 1. The lowest BCUT2D eigenvalue weighted by molar-refractivity contribution is -0.768. The quantitative estimate of drug-likeness (QED) is 0.342. The van der Waals surface area contributed by atoms with Crippen LogP contribution < -0.4 is 15.9 Å². The van der Waals surface area contributed by atoms with E-state index in [-0.39, 0.29) is 11.1 Å². The second-order valence-corrected chi connectivity index (χ2v) is 5.35. The standard InChI is InChI=1S/C8H10IN3OS/c1-8(3-9)4-14-7-11-6(13)2-5(10)12(7)8/h2H,3-4H2,1H3,(H2,10,13)/p+1. The number of hydrogen-bond donors (Lipinski definition) is 2. The highest BCUT2D eigenvalue weighted by molar-refractivity contribution is 14.1. The van der Waals surface area contributed by atoms with Gasteiger partial charge in [0.25, 0.3) is 5.16 Å². The Morgan fingerprint density at radius 3 is 3.21 bits per heavy atom. The maximum Gasteiger partial charge on any atom is 0.311 e. The summed E-state index contributed by atoms with van der Waals surface area (Å²) in [5.74, 6) is 1.51. The second kappa shape index (κ2) is 3.41. The van der Waals surface area contributed by atoms with Crippen LogP contribution in [0.2, 0.25) is 0 Å². The molecular weight excluding hydrogens is 313 g/mol. The number of nitrogen functional groups attached to an aromatic ring is 1. The van der Waals surface area contributed by atoms with Crippen LogP contribution in [0.1, 0.15) is 6.92 Å². The van der Waals surface area contributed by atoms with Crippen LogP contribution in [0.3, 0.4) is 0 Å². The number of nitrogens with zero attached hydrogens (tertiary/aromatic N) is 1. The number of fused-ring (bicyclic) bond motifs is 1. The van der Waals surface area contributed by atoms with Crippen LogP contribution in [0.5, 0.6) is 0 Å². The fraction of sp³-hybridized carbons (Fsp3) is 0.500. The largest absolute Gasteiger partial charge is 0.318 e. The van der Waals surface area contributed by atoms with Gasteiger partial charge in [-0.3, -0.25) is 4.79 Å². The average molecular weight is 324 g/mol. The predicted molar refractivity (Wildman–Crippen MR) is 64.9 cm³/mol. The Labute approximate surface area is 99.4 Å². The third-order valence-electron chi connectivity index (χ3n) is 2.32. The Kier molecular flexibility index (Phi) is 2.50. The number of aromatic nitrogens is 2. The minimum atomic E-state index is -0.126. The second-order valence-electron chi connectivity index (χ2n) is 3.62. The summed E-state index contributed by atoms with van der Waals surface area (Å²) in [5.41, 5.74) is 5.75. The van der Waals surface area contributed by atoms with Gasteiger partial charge in [0.1, 0.15) is 5.54 Å². The van der Waals surface area contributed by atoms with Crippen molar-refractivity contribution in [1.29, 1.82) is 0 Å². The van der Waals surface area contributed by atoms with Crippen molar-refractivity contribution < 1.29 is 4.57 Å². The molecule has 1 aromatic rings. The van der Waals surface area contributed by atoms with E-state index in [2.05, 4.69) is 34.5 Å². The maximum absolute atomic E-state index is 11.2. The lowest BCUT2D eigenvalue weighted by atomic mass is 10.1. The van der Waals surface area contributed by atoms with Crippen LogP contribution in [0.15, 0.2) is 16.0 Å². The number of rotatable bonds is 1. The van der Waals surface area contributed by atoms with E-state index in [1.54, 1.807) is 11.8 Å². The molecule has 0 saturated heterocycles. The molecule has 1 unspecified atom stereocenters. The van der Waals surface area contributed by atoms with Gasteiger partial charge in [0.15, 0.2) is 0 Å². The van der Waals surface area contributed by atoms with Crippen molar-refractivity contribution in [1.82, 2.24) is 4.98 Å². The Morgan fingerprint density at radius 1 is 1.86 bits per heavy atom. The van der Waals surface area contributed by atoms with Crippen LogP contribution in [0.4, 0.5) is 5.82 Å². The van der Waals surface area contributed by atoms with E-state index in [1.807, 2.05) is 4.57 Å². The van der Waals surface area contributed by atoms with E-state index < -0.39 is 0 Å². The van der Waals surface area contributed by atoms with E-state index in [0.717, 1.165) is 15.3 Å². The molecule has 3 N–H and O–H groups in total. The molecule has 1 aliphatic rings. The summed E-state index contributed by atoms with van der Waals surface area (Å²) in [5, 5.41) is 0.870. The van der Waals surface area contributed by atoms with Crippen LogP contribution in [0, 0.1) is 0 Å². The highest BCUT2D eigenvalue weighted by atomic mass is 127.